The summed E-state index contributed by atoms with van der Waals surface area (Å²) in [7, 11) is 0. The Hall–Kier alpha value is -3.54. The molecule has 1 N–H and O–H groups in total. The molecule has 0 unspecified atom stereocenters. The molecule has 0 aliphatic carbocycles. The van der Waals surface area contributed by atoms with Crippen LogP contribution in [0, 0.1) is 0 Å². The molecule has 2 aromatic carbocycles. The maximum atomic E-state index is 12.9. The zero-order chi connectivity index (χ0) is 23.1. The quantitative estimate of drug-likeness (QED) is 0.610. The van der Waals surface area contributed by atoms with E-state index >= 15 is 0 Å². The maximum absolute atomic E-state index is 12.9. The Morgan fingerprint density at radius 2 is 1.44 bits per heavy atom. The first-order valence-corrected chi connectivity index (χ1v) is 10.8. The minimum absolute atomic E-state index is 0.236. The normalized spacial score (nSPS) is 14.1. The first kappa shape index (κ1) is 23.1. The van der Waals surface area contributed by atoms with E-state index in [4.69, 9.17) is 14.2 Å². The molecule has 0 amide bonds. The second kappa shape index (κ2) is 10.7. The fraction of sp³-hybridized carbons (Fsp3) is 0.308. The van der Waals surface area contributed by atoms with E-state index in [1.807, 2.05) is 54.6 Å². The number of hydrogen-bond acceptors (Lipinski definition) is 6. The SMILES string of the molecule is CCOC(=O)C1=C(C)NC(C)=C(C(=O)OCC)C1c1cccc(OCc2ccccc2)c1. The molecule has 1 aliphatic heterocycles. The van der Waals surface area contributed by atoms with E-state index in [0.717, 1.165) is 11.1 Å². The monoisotopic (exact) mass is 435 g/mol. The maximum Gasteiger partial charge on any atom is 0.336 e. The third kappa shape index (κ3) is 5.19. The molecule has 0 spiro atoms. The molecule has 0 saturated heterocycles. The summed E-state index contributed by atoms with van der Waals surface area (Å²) in [6.45, 7) is 8.01. The van der Waals surface area contributed by atoms with Crippen LogP contribution in [-0.2, 0) is 25.7 Å². The number of esters is 2. The summed E-state index contributed by atoms with van der Waals surface area (Å²) < 4.78 is 16.6. The number of allylic oxidation sites excluding steroid dienone is 2. The Balaban J connectivity index is 2.01. The zero-order valence-corrected chi connectivity index (χ0v) is 18.9. The van der Waals surface area contributed by atoms with Crippen molar-refractivity contribution in [3.8, 4) is 5.75 Å². The second-order valence-corrected chi connectivity index (χ2v) is 7.42. The van der Waals surface area contributed by atoms with Crippen LogP contribution in [0.4, 0.5) is 0 Å². The van der Waals surface area contributed by atoms with Crippen molar-refractivity contribution in [2.45, 2.75) is 40.2 Å². The number of carbonyl (C=O) groups is 2. The van der Waals surface area contributed by atoms with E-state index in [0.29, 0.717) is 34.9 Å². The van der Waals surface area contributed by atoms with Crippen LogP contribution in [0.3, 0.4) is 0 Å². The Morgan fingerprint density at radius 1 is 0.844 bits per heavy atom. The molecule has 0 saturated carbocycles. The van der Waals surface area contributed by atoms with E-state index < -0.39 is 17.9 Å². The Morgan fingerprint density at radius 3 is 2.00 bits per heavy atom. The van der Waals surface area contributed by atoms with E-state index in [1.165, 1.54) is 0 Å². The number of carbonyl (C=O) groups excluding carboxylic acids is 2. The number of rotatable bonds is 8. The molecule has 168 valence electrons. The molecule has 3 rings (SSSR count). The third-order valence-corrected chi connectivity index (χ3v) is 5.19. The lowest BCUT2D eigenvalue weighted by Crippen LogP contribution is -2.32. The number of dihydropyridines is 1. The molecule has 2 aromatic rings. The number of benzene rings is 2. The fourth-order valence-corrected chi connectivity index (χ4v) is 3.81. The smallest absolute Gasteiger partial charge is 0.336 e. The van der Waals surface area contributed by atoms with Crippen LogP contribution in [0.15, 0.2) is 77.1 Å². The van der Waals surface area contributed by atoms with Gasteiger partial charge in [0.2, 0.25) is 0 Å². The summed E-state index contributed by atoms with van der Waals surface area (Å²) in [5.74, 6) is -0.916. The second-order valence-electron chi connectivity index (χ2n) is 7.42. The van der Waals surface area contributed by atoms with E-state index in [2.05, 4.69) is 5.32 Å². The Bertz CT molecular complexity index is 999. The van der Waals surface area contributed by atoms with Gasteiger partial charge in [0.25, 0.3) is 0 Å². The van der Waals surface area contributed by atoms with E-state index in [9.17, 15) is 9.59 Å². The van der Waals surface area contributed by atoms with Crippen molar-refractivity contribution in [2.75, 3.05) is 13.2 Å². The minimum atomic E-state index is -0.630. The van der Waals surface area contributed by atoms with Crippen molar-refractivity contribution in [3.63, 3.8) is 0 Å². The molecule has 1 aliphatic rings. The first-order chi connectivity index (χ1) is 15.5. The van der Waals surface area contributed by atoms with Crippen LogP contribution in [0.5, 0.6) is 5.75 Å². The molecule has 0 bridgehead atoms. The van der Waals surface area contributed by atoms with Crippen molar-refractivity contribution >= 4 is 11.9 Å². The molecular weight excluding hydrogens is 406 g/mol. The molecule has 32 heavy (non-hydrogen) atoms. The van der Waals surface area contributed by atoms with Gasteiger partial charge in [0.1, 0.15) is 12.4 Å². The van der Waals surface area contributed by atoms with Crippen LogP contribution < -0.4 is 10.1 Å². The van der Waals surface area contributed by atoms with Crippen molar-refractivity contribution in [1.29, 1.82) is 0 Å². The fourth-order valence-electron chi connectivity index (χ4n) is 3.81. The van der Waals surface area contributed by atoms with Gasteiger partial charge in [0, 0.05) is 11.4 Å². The van der Waals surface area contributed by atoms with Gasteiger partial charge in [-0.3, -0.25) is 0 Å². The summed E-state index contributed by atoms with van der Waals surface area (Å²) in [6.07, 6.45) is 0. The van der Waals surface area contributed by atoms with Crippen LogP contribution in [-0.4, -0.2) is 25.2 Å². The standard InChI is InChI=1S/C26H29NO5/c1-5-30-25(28)22-17(3)27-18(4)23(26(29)31-6-2)24(22)20-13-10-14-21(15-20)32-16-19-11-8-7-9-12-19/h7-15,24,27H,5-6,16H2,1-4H3. The van der Waals surface area contributed by atoms with Crippen LogP contribution >= 0.6 is 0 Å². The van der Waals surface area contributed by atoms with Crippen molar-refractivity contribution in [2.24, 2.45) is 0 Å². The molecule has 0 radical (unpaired) electrons. The van der Waals surface area contributed by atoms with Gasteiger partial charge in [0.05, 0.1) is 30.3 Å². The summed E-state index contributed by atoms with van der Waals surface area (Å²) in [6, 6.07) is 17.3. The molecule has 0 aromatic heterocycles. The first-order valence-electron chi connectivity index (χ1n) is 10.8. The topological polar surface area (TPSA) is 73.9 Å². The average Bonchev–Trinajstić information content (AvgIpc) is 2.78. The number of hydrogen-bond donors (Lipinski definition) is 1. The summed E-state index contributed by atoms with van der Waals surface area (Å²) in [5, 5.41) is 3.15. The van der Waals surface area contributed by atoms with E-state index in [-0.39, 0.29) is 13.2 Å². The minimum Gasteiger partial charge on any atom is -0.489 e. The summed E-state index contributed by atoms with van der Waals surface area (Å²) >= 11 is 0. The lowest BCUT2D eigenvalue weighted by Gasteiger charge is -2.30. The van der Waals surface area contributed by atoms with Crippen molar-refractivity contribution in [3.05, 3.63) is 88.3 Å². The molecule has 6 heteroatoms. The van der Waals surface area contributed by atoms with Crippen LogP contribution in [0.2, 0.25) is 0 Å². The van der Waals surface area contributed by atoms with Crippen LogP contribution in [0.25, 0.3) is 0 Å². The van der Waals surface area contributed by atoms with E-state index in [1.54, 1.807) is 27.7 Å². The van der Waals surface area contributed by atoms with Gasteiger partial charge in [-0.1, -0.05) is 42.5 Å². The number of ether oxygens (including phenoxy) is 3. The van der Waals surface area contributed by atoms with Crippen molar-refractivity contribution < 1.29 is 23.8 Å². The Kier molecular flexibility index (Phi) is 7.71. The highest BCUT2D eigenvalue weighted by Crippen LogP contribution is 2.40. The average molecular weight is 436 g/mol. The predicted octanol–water partition coefficient (Wildman–Crippen LogP) is 4.63. The highest BCUT2D eigenvalue weighted by atomic mass is 16.5. The molecule has 0 fully saturated rings. The largest absolute Gasteiger partial charge is 0.489 e. The Labute approximate surface area is 188 Å². The third-order valence-electron chi connectivity index (χ3n) is 5.19. The van der Waals surface area contributed by atoms with Gasteiger partial charge >= 0.3 is 11.9 Å². The summed E-state index contributed by atoms with van der Waals surface area (Å²) in [5.41, 5.74) is 3.87. The van der Waals surface area contributed by atoms with Crippen LogP contribution in [0.1, 0.15) is 44.7 Å². The van der Waals surface area contributed by atoms with Gasteiger partial charge in [-0.05, 0) is 51.0 Å². The van der Waals surface area contributed by atoms with Gasteiger partial charge in [-0.2, -0.15) is 0 Å². The zero-order valence-electron chi connectivity index (χ0n) is 18.9. The van der Waals surface area contributed by atoms with Gasteiger partial charge in [-0.15, -0.1) is 0 Å². The highest BCUT2D eigenvalue weighted by molar-refractivity contribution is 5.99. The van der Waals surface area contributed by atoms with Gasteiger partial charge in [-0.25, -0.2) is 9.59 Å². The predicted molar refractivity (Wildman–Crippen MR) is 122 cm³/mol. The highest BCUT2D eigenvalue weighted by Gasteiger charge is 2.38. The van der Waals surface area contributed by atoms with Crippen molar-refractivity contribution in [1.82, 2.24) is 5.32 Å². The molecule has 1 heterocycles. The lowest BCUT2D eigenvalue weighted by molar-refractivity contribution is -0.139. The lowest BCUT2D eigenvalue weighted by atomic mass is 9.80. The van der Waals surface area contributed by atoms with Gasteiger partial charge in [0.15, 0.2) is 0 Å². The van der Waals surface area contributed by atoms with Gasteiger partial charge < -0.3 is 19.5 Å². The molecular formula is C26H29NO5. The number of nitrogens with one attached hydrogen (secondary N) is 1. The molecule has 6 nitrogen and oxygen atoms in total. The molecule has 0 atom stereocenters. The summed E-state index contributed by atoms with van der Waals surface area (Å²) in [4.78, 5) is 25.8.